The lowest BCUT2D eigenvalue weighted by Crippen LogP contribution is -2.06. The lowest BCUT2D eigenvalue weighted by Gasteiger charge is -2.11. The van der Waals surface area contributed by atoms with E-state index in [-0.39, 0.29) is 5.56 Å². The largest absolute Gasteiger partial charge is 0.399 e. The van der Waals surface area contributed by atoms with Gasteiger partial charge in [-0.05, 0) is 24.5 Å². The quantitative estimate of drug-likeness (QED) is 0.605. The highest BCUT2D eigenvalue weighted by Gasteiger charge is 2.12. The van der Waals surface area contributed by atoms with E-state index in [1.165, 1.54) is 6.07 Å². The monoisotopic (exact) mass is 232 g/mol. The normalized spacial score (nSPS) is 10.7. The lowest BCUT2D eigenvalue weighted by molar-refractivity contribution is 0.152. The summed E-state index contributed by atoms with van der Waals surface area (Å²) in [5, 5.41) is 2.97. The standard InChI is InChI=1S/C10H14F2N2S/c1-15-5-4-14-9-3-2-7(13)6-8(9)10(11)12/h2-3,6,10,14H,4-5,13H2,1H3. The van der Waals surface area contributed by atoms with E-state index in [1.54, 1.807) is 23.9 Å². The number of nitrogens with two attached hydrogens (primary N) is 1. The summed E-state index contributed by atoms with van der Waals surface area (Å²) in [6.45, 7) is 0.671. The van der Waals surface area contributed by atoms with Crippen molar-refractivity contribution in [2.45, 2.75) is 6.43 Å². The Morgan fingerprint density at radius 2 is 2.20 bits per heavy atom. The molecule has 0 unspecified atom stereocenters. The third-order valence-electron chi connectivity index (χ3n) is 1.93. The van der Waals surface area contributed by atoms with Crippen LogP contribution in [0.1, 0.15) is 12.0 Å². The second kappa shape index (κ2) is 5.80. The molecule has 0 saturated carbocycles. The van der Waals surface area contributed by atoms with Gasteiger partial charge in [0, 0.05) is 29.2 Å². The zero-order valence-electron chi connectivity index (χ0n) is 8.47. The molecule has 0 atom stereocenters. The maximum atomic E-state index is 12.6. The average molecular weight is 232 g/mol. The Balaban J connectivity index is 2.77. The van der Waals surface area contributed by atoms with Crippen molar-refractivity contribution in [2.75, 3.05) is 29.6 Å². The van der Waals surface area contributed by atoms with E-state index in [9.17, 15) is 8.78 Å². The van der Waals surface area contributed by atoms with Crippen LogP contribution in [0.5, 0.6) is 0 Å². The van der Waals surface area contributed by atoms with Crippen LogP contribution in [0.4, 0.5) is 20.2 Å². The fourth-order valence-electron chi connectivity index (χ4n) is 1.21. The van der Waals surface area contributed by atoms with Gasteiger partial charge in [-0.25, -0.2) is 8.78 Å². The van der Waals surface area contributed by atoms with Gasteiger partial charge >= 0.3 is 0 Å². The lowest BCUT2D eigenvalue weighted by atomic mass is 10.1. The number of halogens is 2. The van der Waals surface area contributed by atoms with Crippen LogP contribution in [-0.2, 0) is 0 Å². The molecule has 1 aromatic rings. The zero-order chi connectivity index (χ0) is 11.3. The second-order valence-corrected chi connectivity index (χ2v) is 4.05. The molecule has 0 bridgehead atoms. The molecule has 0 aliphatic heterocycles. The Labute approximate surface area is 92.2 Å². The SMILES string of the molecule is CSCCNc1ccc(N)cc1C(F)F. The molecule has 0 aromatic heterocycles. The summed E-state index contributed by atoms with van der Waals surface area (Å²) in [7, 11) is 0. The molecule has 3 N–H and O–H groups in total. The molecule has 1 rings (SSSR count). The summed E-state index contributed by atoms with van der Waals surface area (Å²) in [5.74, 6) is 0.882. The van der Waals surface area contributed by atoms with Gasteiger partial charge in [0.25, 0.3) is 6.43 Å². The van der Waals surface area contributed by atoms with Crippen LogP contribution in [0.15, 0.2) is 18.2 Å². The minimum Gasteiger partial charge on any atom is -0.399 e. The van der Waals surface area contributed by atoms with Crippen LogP contribution in [0, 0.1) is 0 Å². The van der Waals surface area contributed by atoms with Crippen molar-refractivity contribution in [1.82, 2.24) is 0 Å². The third kappa shape index (κ3) is 3.58. The fourth-order valence-corrected chi connectivity index (χ4v) is 1.52. The van der Waals surface area contributed by atoms with Gasteiger partial charge in [-0.1, -0.05) is 0 Å². The second-order valence-electron chi connectivity index (χ2n) is 3.07. The molecule has 0 saturated heterocycles. The van der Waals surface area contributed by atoms with Gasteiger partial charge < -0.3 is 11.1 Å². The van der Waals surface area contributed by atoms with E-state index in [2.05, 4.69) is 5.32 Å². The van der Waals surface area contributed by atoms with Crippen molar-refractivity contribution in [3.63, 3.8) is 0 Å². The first-order chi connectivity index (χ1) is 7.15. The highest BCUT2D eigenvalue weighted by Crippen LogP contribution is 2.28. The molecule has 0 aliphatic carbocycles. The summed E-state index contributed by atoms with van der Waals surface area (Å²) in [6, 6.07) is 4.52. The van der Waals surface area contributed by atoms with Gasteiger partial charge in [0.2, 0.25) is 0 Å². The van der Waals surface area contributed by atoms with E-state index in [4.69, 9.17) is 5.73 Å². The molecule has 1 aromatic carbocycles. The fraction of sp³-hybridized carbons (Fsp3) is 0.400. The predicted octanol–water partition coefficient (Wildman–Crippen LogP) is 2.98. The van der Waals surface area contributed by atoms with Crippen molar-refractivity contribution >= 4 is 23.1 Å². The van der Waals surface area contributed by atoms with Crippen molar-refractivity contribution < 1.29 is 8.78 Å². The topological polar surface area (TPSA) is 38.0 Å². The maximum Gasteiger partial charge on any atom is 0.265 e. The Kier molecular flexibility index (Phi) is 4.68. The van der Waals surface area contributed by atoms with Crippen LogP contribution >= 0.6 is 11.8 Å². The Morgan fingerprint density at radius 3 is 2.80 bits per heavy atom. The summed E-state index contributed by atoms with van der Waals surface area (Å²) >= 11 is 1.66. The summed E-state index contributed by atoms with van der Waals surface area (Å²) < 4.78 is 25.2. The van der Waals surface area contributed by atoms with Crippen molar-refractivity contribution in [1.29, 1.82) is 0 Å². The molecule has 0 fully saturated rings. The minimum absolute atomic E-state index is 0.0314. The average Bonchev–Trinajstić information content (AvgIpc) is 2.20. The van der Waals surface area contributed by atoms with E-state index in [0.29, 0.717) is 17.9 Å². The number of nitrogen functional groups attached to an aromatic ring is 1. The van der Waals surface area contributed by atoms with E-state index >= 15 is 0 Å². The zero-order valence-corrected chi connectivity index (χ0v) is 9.28. The molecular formula is C10H14F2N2S. The molecule has 0 aliphatic rings. The van der Waals surface area contributed by atoms with Crippen LogP contribution in [0.2, 0.25) is 0 Å². The van der Waals surface area contributed by atoms with Gasteiger partial charge in [-0.15, -0.1) is 0 Å². The number of hydrogen-bond donors (Lipinski definition) is 2. The van der Waals surface area contributed by atoms with E-state index in [1.807, 2.05) is 6.26 Å². The molecule has 0 amide bonds. The first-order valence-electron chi connectivity index (χ1n) is 4.55. The van der Waals surface area contributed by atoms with Gasteiger partial charge in [0.1, 0.15) is 0 Å². The van der Waals surface area contributed by atoms with Gasteiger partial charge in [-0.3, -0.25) is 0 Å². The van der Waals surface area contributed by atoms with Crippen LogP contribution < -0.4 is 11.1 Å². The number of rotatable bonds is 5. The number of hydrogen-bond acceptors (Lipinski definition) is 3. The molecule has 5 heteroatoms. The summed E-state index contributed by atoms with van der Waals surface area (Å²) in [5.41, 5.74) is 6.25. The van der Waals surface area contributed by atoms with Crippen molar-refractivity contribution in [3.05, 3.63) is 23.8 Å². The first-order valence-corrected chi connectivity index (χ1v) is 5.95. The highest BCUT2D eigenvalue weighted by molar-refractivity contribution is 7.98. The Bertz CT molecular complexity index is 318. The van der Waals surface area contributed by atoms with Crippen molar-refractivity contribution in [3.8, 4) is 0 Å². The van der Waals surface area contributed by atoms with Gasteiger partial charge in [0.05, 0.1) is 0 Å². The predicted molar refractivity (Wildman–Crippen MR) is 62.7 cm³/mol. The molecular weight excluding hydrogens is 218 g/mol. The number of thioether (sulfide) groups is 1. The Morgan fingerprint density at radius 1 is 1.47 bits per heavy atom. The molecule has 0 radical (unpaired) electrons. The van der Waals surface area contributed by atoms with E-state index < -0.39 is 6.43 Å². The Hall–Kier alpha value is -0.970. The minimum atomic E-state index is -2.50. The van der Waals surface area contributed by atoms with Crippen molar-refractivity contribution in [2.24, 2.45) is 0 Å². The maximum absolute atomic E-state index is 12.6. The molecule has 84 valence electrons. The first kappa shape index (κ1) is 12.1. The number of alkyl halides is 2. The number of anilines is 2. The summed E-state index contributed by atoms with van der Waals surface area (Å²) in [4.78, 5) is 0. The molecule has 0 spiro atoms. The third-order valence-corrected chi connectivity index (χ3v) is 2.54. The highest BCUT2D eigenvalue weighted by atomic mass is 32.2. The molecule has 2 nitrogen and oxygen atoms in total. The van der Waals surface area contributed by atoms with Crippen LogP contribution in [0.3, 0.4) is 0 Å². The van der Waals surface area contributed by atoms with Crippen LogP contribution in [-0.4, -0.2) is 18.6 Å². The van der Waals surface area contributed by atoms with Gasteiger partial charge in [-0.2, -0.15) is 11.8 Å². The van der Waals surface area contributed by atoms with Gasteiger partial charge in [0.15, 0.2) is 0 Å². The number of nitrogens with one attached hydrogen (secondary N) is 1. The van der Waals surface area contributed by atoms with E-state index in [0.717, 1.165) is 5.75 Å². The smallest absolute Gasteiger partial charge is 0.265 e. The summed E-state index contributed by atoms with van der Waals surface area (Å²) in [6.07, 6.45) is -0.524. The number of benzene rings is 1. The molecule has 0 heterocycles. The molecule has 15 heavy (non-hydrogen) atoms. The van der Waals surface area contributed by atoms with Crippen LogP contribution in [0.25, 0.3) is 0 Å².